The number of carbonyl (C=O) groups is 2. The molecule has 1 aromatic heterocycles. The molecular formula is C18H17N3O4. The summed E-state index contributed by atoms with van der Waals surface area (Å²) in [5, 5.41) is 22.2. The van der Waals surface area contributed by atoms with Crippen LogP contribution in [-0.4, -0.2) is 37.7 Å². The fourth-order valence-electron chi connectivity index (χ4n) is 3.10. The van der Waals surface area contributed by atoms with Crippen molar-refractivity contribution in [1.29, 1.82) is 0 Å². The Morgan fingerprint density at radius 3 is 2.60 bits per heavy atom. The monoisotopic (exact) mass is 339 g/mol. The maximum absolute atomic E-state index is 11.8. The molecule has 0 saturated heterocycles. The van der Waals surface area contributed by atoms with Crippen LogP contribution in [0.3, 0.4) is 0 Å². The number of rotatable bonds is 4. The molecular weight excluding hydrogens is 322 g/mol. The molecule has 2 heterocycles. The van der Waals surface area contributed by atoms with Gasteiger partial charge in [0, 0.05) is 29.4 Å². The van der Waals surface area contributed by atoms with Gasteiger partial charge < -0.3 is 20.1 Å². The molecule has 1 atom stereocenters. The van der Waals surface area contributed by atoms with E-state index < -0.39 is 18.0 Å². The summed E-state index contributed by atoms with van der Waals surface area (Å²) >= 11 is 0. The number of hydrogen-bond acceptors (Lipinski definition) is 4. The number of benzene rings is 1. The first kappa shape index (κ1) is 16.5. The van der Waals surface area contributed by atoms with E-state index in [1.54, 1.807) is 55.3 Å². The van der Waals surface area contributed by atoms with Crippen LogP contribution in [-0.2, 0) is 9.59 Å². The zero-order chi connectivity index (χ0) is 18.1. The smallest absolute Gasteiger partial charge is 0.338 e. The van der Waals surface area contributed by atoms with Gasteiger partial charge in [-0.05, 0) is 31.5 Å². The van der Waals surface area contributed by atoms with Crippen LogP contribution < -0.4 is 5.32 Å². The SMILES string of the molecule is CC1=C(C(=O)O)C(c2cccc(-n3ccnc3)c2)=C(C(=O)O)C(C)N1. The molecule has 128 valence electrons. The van der Waals surface area contributed by atoms with Crippen LogP contribution in [0.25, 0.3) is 11.3 Å². The molecule has 0 fully saturated rings. The number of hydrogen-bond donors (Lipinski definition) is 3. The van der Waals surface area contributed by atoms with Gasteiger partial charge in [0.05, 0.1) is 23.5 Å². The van der Waals surface area contributed by atoms with Crippen molar-refractivity contribution in [2.24, 2.45) is 0 Å². The van der Waals surface area contributed by atoms with Crippen LogP contribution in [0.5, 0.6) is 0 Å². The Kier molecular flexibility index (Phi) is 4.14. The molecule has 0 bridgehead atoms. The maximum Gasteiger partial charge on any atom is 0.338 e. The number of aliphatic carboxylic acids is 2. The Bertz CT molecular complexity index is 910. The highest BCUT2D eigenvalue weighted by Crippen LogP contribution is 2.34. The molecule has 0 saturated carbocycles. The van der Waals surface area contributed by atoms with Crippen molar-refractivity contribution >= 4 is 17.5 Å². The number of nitrogens with zero attached hydrogens (tertiary/aromatic N) is 2. The van der Waals surface area contributed by atoms with Gasteiger partial charge in [-0.1, -0.05) is 12.1 Å². The van der Waals surface area contributed by atoms with E-state index in [-0.39, 0.29) is 16.7 Å². The van der Waals surface area contributed by atoms with E-state index in [1.807, 2.05) is 6.07 Å². The van der Waals surface area contributed by atoms with E-state index in [0.717, 1.165) is 5.69 Å². The lowest BCUT2D eigenvalue weighted by atomic mass is 9.85. The summed E-state index contributed by atoms with van der Waals surface area (Å²) in [7, 11) is 0. The summed E-state index contributed by atoms with van der Waals surface area (Å²) in [6.07, 6.45) is 5.01. The Balaban J connectivity index is 2.26. The molecule has 7 heteroatoms. The zero-order valence-corrected chi connectivity index (χ0v) is 13.7. The second-order valence-corrected chi connectivity index (χ2v) is 5.79. The third kappa shape index (κ3) is 2.91. The predicted molar refractivity (Wildman–Crippen MR) is 91.1 cm³/mol. The first-order valence-corrected chi connectivity index (χ1v) is 7.67. The Morgan fingerprint density at radius 1 is 1.24 bits per heavy atom. The number of imidazole rings is 1. The number of carboxylic acid groups (broad SMARTS) is 2. The van der Waals surface area contributed by atoms with Crippen LogP contribution in [0, 0.1) is 0 Å². The Morgan fingerprint density at radius 2 is 2.00 bits per heavy atom. The zero-order valence-electron chi connectivity index (χ0n) is 13.7. The van der Waals surface area contributed by atoms with Gasteiger partial charge >= 0.3 is 11.9 Å². The van der Waals surface area contributed by atoms with Crippen molar-refractivity contribution in [1.82, 2.24) is 14.9 Å². The van der Waals surface area contributed by atoms with E-state index in [0.29, 0.717) is 11.3 Å². The normalized spacial score (nSPS) is 17.4. The van der Waals surface area contributed by atoms with Crippen molar-refractivity contribution in [3.63, 3.8) is 0 Å². The van der Waals surface area contributed by atoms with Crippen molar-refractivity contribution in [2.75, 3.05) is 0 Å². The number of allylic oxidation sites excluding steroid dienone is 1. The molecule has 7 nitrogen and oxygen atoms in total. The minimum Gasteiger partial charge on any atom is -0.478 e. The van der Waals surface area contributed by atoms with E-state index in [2.05, 4.69) is 10.3 Å². The molecule has 0 amide bonds. The van der Waals surface area contributed by atoms with Crippen LogP contribution in [0.1, 0.15) is 19.4 Å². The summed E-state index contributed by atoms with van der Waals surface area (Å²) in [6.45, 7) is 3.34. The highest BCUT2D eigenvalue weighted by atomic mass is 16.4. The van der Waals surface area contributed by atoms with Gasteiger partial charge in [0.2, 0.25) is 0 Å². The molecule has 3 N–H and O–H groups in total. The molecule has 2 aromatic rings. The lowest BCUT2D eigenvalue weighted by molar-refractivity contribution is -0.133. The molecule has 1 aliphatic heterocycles. The van der Waals surface area contributed by atoms with E-state index in [4.69, 9.17) is 0 Å². The minimum absolute atomic E-state index is 0.0294. The molecule has 1 aliphatic rings. The summed E-state index contributed by atoms with van der Waals surface area (Å²) in [5.74, 6) is -2.31. The summed E-state index contributed by atoms with van der Waals surface area (Å²) < 4.78 is 1.77. The Hall–Kier alpha value is -3.35. The van der Waals surface area contributed by atoms with Crippen molar-refractivity contribution in [3.8, 4) is 5.69 Å². The van der Waals surface area contributed by atoms with Gasteiger partial charge in [-0.15, -0.1) is 0 Å². The van der Waals surface area contributed by atoms with Crippen LogP contribution in [0.2, 0.25) is 0 Å². The number of carboxylic acids is 2. The van der Waals surface area contributed by atoms with Gasteiger partial charge in [0.25, 0.3) is 0 Å². The quantitative estimate of drug-likeness (QED) is 0.787. The molecule has 0 radical (unpaired) electrons. The van der Waals surface area contributed by atoms with Gasteiger partial charge in [-0.3, -0.25) is 0 Å². The highest BCUT2D eigenvalue weighted by molar-refractivity contribution is 6.13. The average molecular weight is 339 g/mol. The Labute approximate surface area is 143 Å². The maximum atomic E-state index is 11.8. The highest BCUT2D eigenvalue weighted by Gasteiger charge is 2.33. The van der Waals surface area contributed by atoms with Crippen LogP contribution in [0.15, 0.2) is 59.8 Å². The number of aromatic nitrogens is 2. The van der Waals surface area contributed by atoms with E-state index in [9.17, 15) is 19.8 Å². The van der Waals surface area contributed by atoms with E-state index >= 15 is 0 Å². The molecule has 3 rings (SSSR count). The van der Waals surface area contributed by atoms with Crippen molar-refractivity contribution in [3.05, 3.63) is 65.4 Å². The van der Waals surface area contributed by atoms with Crippen LogP contribution in [0.4, 0.5) is 0 Å². The fourth-order valence-corrected chi connectivity index (χ4v) is 3.10. The standard InChI is InChI=1S/C18H17N3O4/c1-10-14(17(22)23)16(15(18(24)25)11(2)20-10)12-4-3-5-13(8-12)21-7-6-19-9-21/h3-10,20H,1-2H3,(H,22,23)(H,24,25). The lowest BCUT2D eigenvalue weighted by Gasteiger charge is -2.28. The fraction of sp³-hybridized carbons (Fsp3) is 0.167. The summed E-state index contributed by atoms with van der Waals surface area (Å²) in [5.41, 5.74) is 1.97. The lowest BCUT2D eigenvalue weighted by Crippen LogP contribution is -2.36. The van der Waals surface area contributed by atoms with Crippen molar-refractivity contribution in [2.45, 2.75) is 19.9 Å². The van der Waals surface area contributed by atoms with Gasteiger partial charge in [0.15, 0.2) is 0 Å². The minimum atomic E-state index is -1.17. The van der Waals surface area contributed by atoms with Crippen molar-refractivity contribution < 1.29 is 19.8 Å². The summed E-state index contributed by atoms with van der Waals surface area (Å²) in [4.78, 5) is 27.6. The summed E-state index contributed by atoms with van der Waals surface area (Å²) in [6, 6.07) is 6.57. The third-order valence-electron chi connectivity index (χ3n) is 4.14. The second-order valence-electron chi connectivity index (χ2n) is 5.79. The number of nitrogens with one attached hydrogen (secondary N) is 1. The average Bonchev–Trinajstić information content (AvgIpc) is 3.07. The molecule has 1 aromatic carbocycles. The van der Waals surface area contributed by atoms with Gasteiger partial charge in [-0.2, -0.15) is 0 Å². The van der Waals surface area contributed by atoms with Gasteiger partial charge in [0.1, 0.15) is 0 Å². The van der Waals surface area contributed by atoms with Gasteiger partial charge in [-0.25, -0.2) is 14.6 Å². The van der Waals surface area contributed by atoms with E-state index in [1.165, 1.54) is 0 Å². The number of dihydropyridines is 1. The first-order chi connectivity index (χ1) is 11.9. The molecule has 1 unspecified atom stereocenters. The molecule has 0 spiro atoms. The molecule has 0 aliphatic carbocycles. The van der Waals surface area contributed by atoms with Crippen LogP contribution >= 0.6 is 0 Å². The molecule has 25 heavy (non-hydrogen) atoms. The predicted octanol–water partition coefficient (Wildman–Crippen LogP) is 2.06. The first-order valence-electron chi connectivity index (χ1n) is 7.67. The third-order valence-corrected chi connectivity index (χ3v) is 4.14. The topological polar surface area (TPSA) is 104 Å². The largest absolute Gasteiger partial charge is 0.478 e. The second kappa shape index (κ2) is 6.27.